The molecule has 1 aliphatic rings. The van der Waals surface area contributed by atoms with E-state index in [-0.39, 0.29) is 0 Å². The Morgan fingerprint density at radius 2 is 1.82 bits per heavy atom. The Balaban J connectivity index is 2.18. The molecular weight excluding hydrogens is 208 g/mol. The zero-order chi connectivity index (χ0) is 11.6. The number of fused-ring (bicyclic) bond motifs is 5. The standard InChI is InChI=1S/C15H14N2/c1-16-8-7-11-13(16)9-14-15(11)10-5-3-4-6-12(10)17(14)2/h3-8H,9H2,1-2H3. The maximum absolute atomic E-state index is 2.34. The van der Waals surface area contributed by atoms with E-state index < -0.39 is 0 Å². The van der Waals surface area contributed by atoms with E-state index in [1.165, 1.54) is 33.4 Å². The summed E-state index contributed by atoms with van der Waals surface area (Å²) in [6.45, 7) is 0. The van der Waals surface area contributed by atoms with Gasteiger partial charge in [0.15, 0.2) is 0 Å². The van der Waals surface area contributed by atoms with Crippen LogP contribution in [0.1, 0.15) is 11.4 Å². The number of hydrogen-bond donors (Lipinski definition) is 0. The maximum Gasteiger partial charge on any atom is 0.0486 e. The second kappa shape index (κ2) is 2.83. The summed E-state index contributed by atoms with van der Waals surface area (Å²) in [5, 5.41) is 1.38. The molecule has 2 nitrogen and oxygen atoms in total. The van der Waals surface area contributed by atoms with Crippen LogP contribution in [0.4, 0.5) is 0 Å². The number of aryl methyl sites for hydroxylation is 2. The highest BCUT2D eigenvalue weighted by molar-refractivity contribution is 6.00. The topological polar surface area (TPSA) is 9.86 Å². The highest BCUT2D eigenvalue weighted by Gasteiger charge is 2.26. The molecule has 84 valence electrons. The van der Waals surface area contributed by atoms with Gasteiger partial charge in [-0.25, -0.2) is 0 Å². The first-order valence-corrected chi connectivity index (χ1v) is 5.98. The summed E-state index contributed by atoms with van der Waals surface area (Å²) >= 11 is 0. The van der Waals surface area contributed by atoms with E-state index in [2.05, 4.69) is 59.8 Å². The second-order valence-corrected chi connectivity index (χ2v) is 4.86. The highest BCUT2D eigenvalue weighted by Crippen LogP contribution is 2.43. The minimum absolute atomic E-state index is 1.05. The molecule has 1 aromatic carbocycles. The zero-order valence-corrected chi connectivity index (χ0v) is 10.1. The molecule has 0 atom stereocenters. The lowest BCUT2D eigenvalue weighted by Gasteiger charge is -2.03. The summed E-state index contributed by atoms with van der Waals surface area (Å²) in [7, 11) is 4.31. The minimum atomic E-state index is 1.05. The van der Waals surface area contributed by atoms with Gasteiger partial charge < -0.3 is 9.13 Å². The highest BCUT2D eigenvalue weighted by atomic mass is 15.0. The van der Waals surface area contributed by atoms with Gasteiger partial charge in [-0.1, -0.05) is 18.2 Å². The van der Waals surface area contributed by atoms with Crippen molar-refractivity contribution in [1.29, 1.82) is 0 Å². The lowest BCUT2D eigenvalue weighted by atomic mass is 10.1. The molecule has 0 N–H and O–H groups in total. The Hall–Kier alpha value is -1.96. The van der Waals surface area contributed by atoms with Crippen molar-refractivity contribution in [2.24, 2.45) is 14.1 Å². The lowest BCUT2D eigenvalue weighted by Crippen LogP contribution is -1.98. The predicted molar refractivity (Wildman–Crippen MR) is 70.1 cm³/mol. The second-order valence-electron chi connectivity index (χ2n) is 4.86. The van der Waals surface area contributed by atoms with Crippen molar-refractivity contribution in [2.75, 3.05) is 0 Å². The van der Waals surface area contributed by atoms with E-state index in [0.717, 1.165) is 6.42 Å². The minimum Gasteiger partial charge on any atom is -0.354 e. The molecule has 0 spiro atoms. The van der Waals surface area contributed by atoms with Gasteiger partial charge in [-0.2, -0.15) is 0 Å². The normalized spacial score (nSPS) is 13.1. The first-order chi connectivity index (χ1) is 8.27. The third-order valence-electron chi connectivity index (χ3n) is 4.03. The Kier molecular flexibility index (Phi) is 1.52. The van der Waals surface area contributed by atoms with E-state index in [4.69, 9.17) is 0 Å². The molecule has 3 aromatic rings. The molecule has 0 fully saturated rings. The van der Waals surface area contributed by atoms with Gasteiger partial charge in [0.25, 0.3) is 0 Å². The van der Waals surface area contributed by atoms with Gasteiger partial charge >= 0.3 is 0 Å². The van der Waals surface area contributed by atoms with Gasteiger partial charge in [-0.05, 0) is 12.1 Å². The predicted octanol–water partition coefficient (Wildman–Crippen LogP) is 3.09. The summed E-state index contributed by atoms with van der Waals surface area (Å²) in [6.07, 6.45) is 3.22. The number of nitrogens with zero attached hydrogens (tertiary/aromatic N) is 2. The third kappa shape index (κ3) is 0.960. The molecule has 0 unspecified atom stereocenters. The van der Waals surface area contributed by atoms with Crippen LogP contribution in [0, 0.1) is 0 Å². The van der Waals surface area contributed by atoms with Crippen LogP contribution in [0.15, 0.2) is 36.5 Å². The van der Waals surface area contributed by atoms with E-state index in [1.807, 2.05) is 0 Å². The summed E-state index contributed by atoms with van der Waals surface area (Å²) in [5.74, 6) is 0. The van der Waals surface area contributed by atoms with Crippen LogP contribution in [-0.4, -0.2) is 9.13 Å². The molecule has 0 bridgehead atoms. The molecule has 0 saturated carbocycles. The van der Waals surface area contributed by atoms with Crippen LogP contribution in [0.3, 0.4) is 0 Å². The van der Waals surface area contributed by atoms with Gasteiger partial charge in [-0.15, -0.1) is 0 Å². The molecule has 4 rings (SSSR count). The van der Waals surface area contributed by atoms with E-state index >= 15 is 0 Å². The molecule has 1 aliphatic carbocycles. The summed E-state index contributed by atoms with van der Waals surface area (Å²) < 4.78 is 4.58. The van der Waals surface area contributed by atoms with Crippen molar-refractivity contribution in [3.63, 3.8) is 0 Å². The largest absolute Gasteiger partial charge is 0.354 e. The molecule has 0 saturated heterocycles. The molecular formula is C15H14N2. The number of para-hydroxylation sites is 1. The van der Waals surface area contributed by atoms with Crippen LogP contribution in [0.25, 0.3) is 22.0 Å². The Morgan fingerprint density at radius 3 is 2.71 bits per heavy atom. The summed E-state index contributed by atoms with van der Waals surface area (Å²) in [5.41, 5.74) is 7.09. The van der Waals surface area contributed by atoms with Crippen LogP contribution < -0.4 is 0 Å². The van der Waals surface area contributed by atoms with Crippen molar-refractivity contribution < 1.29 is 0 Å². The van der Waals surface area contributed by atoms with Gasteiger partial charge in [-0.3, -0.25) is 0 Å². The third-order valence-corrected chi connectivity index (χ3v) is 4.03. The average molecular weight is 222 g/mol. The molecule has 17 heavy (non-hydrogen) atoms. The fourth-order valence-electron chi connectivity index (χ4n) is 3.12. The molecule has 0 aliphatic heterocycles. The number of benzene rings is 1. The number of hydrogen-bond acceptors (Lipinski definition) is 0. The number of aromatic nitrogens is 2. The monoisotopic (exact) mass is 222 g/mol. The number of rotatable bonds is 0. The first-order valence-electron chi connectivity index (χ1n) is 5.98. The smallest absolute Gasteiger partial charge is 0.0486 e. The molecule has 0 amide bonds. The first kappa shape index (κ1) is 9.11. The van der Waals surface area contributed by atoms with Crippen molar-refractivity contribution in [2.45, 2.75) is 6.42 Å². The van der Waals surface area contributed by atoms with Gasteiger partial charge in [0.2, 0.25) is 0 Å². The van der Waals surface area contributed by atoms with Crippen LogP contribution in [0.5, 0.6) is 0 Å². The van der Waals surface area contributed by atoms with Crippen molar-refractivity contribution >= 4 is 10.9 Å². The van der Waals surface area contributed by atoms with E-state index in [9.17, 15) is 0 Å². The van der Waals surface area contributed by atoms with Crippen LogP contribution in [-0.2, 0) is 20.5 Å². The van der Waals surface area contributed by atoms with E-state index in [0.29, 0.717) is 0 Å². The quantitative estimate of drug-likeness (QED) is 0.432. The van der Waals surface area contributed by atoms with Crippen LogP contribution >= 0.6 is 0 Å². The van der Waals surface area contributed by atoms with Gasteiger partial charge in [0.1, 0.15) is 0 Å². The fraction of sp³-hybridized carbons (Fsp3) is 0.200. The van der Waals surface area contributed by atoms with Gasteiger partial charge in [0.05, 0.1) is 0 Å². The van der Waals surface area contributed by atoms with Crippen LogP contribution in [0.2, 0.25) is 0 Å². The van der Waals surface area contributed by atoms with Crippen molar-refractivity contribution in [3.8, 4) is 11.1 Å². The lowest BCUT2D eigenvalue weighted by molar-refractivity contribution is 0.822. The SMILES string of the molecule is Cn1ccc2c1Cc1c-2c2ccccc2n1C. The summed E-state index contributed by atoms with van der Waals surface area (Å²) in [6, 6.07) is 10.9. The average Bonchev–Trinajstić information content (AvgIpc) is 2.95. The zero-order valence-electron chi connectivity index (χ0n) is 10.1. The fourth-order valence-corrected chi connectivity index (χ4v) is 3.12. The Bertz CT molecular complexity index is 744. The Labute approximate surface area is 100 Å². The van der Waals surface area contributed by atoms with Gasteiger partial charge in [0, 0.05) is 60.1 Å². The Morgan fingerprint density at radius 1 is 1.00 bits per heavy atom. The molecule has 2 heterocycles. The molecule has 0 radical (unpaired) electrons. The van der Waals surface area contributed by atoms with Crippen molar-refractivity contribution in [3.05, 3.63) is 47.9 Å². The maximum atomic E-state index is 2.34. The summed E-state index contributed by atoms with van der Waals surface area (Å²) in [4.78, 5) is 0. The van der Waals surface area contributed by atoms with E-state index in [1.54, 1.807) is 0 Å². The molecule has 2 heteroatoms. The van der Waals surface area contributed by atoms with Crippen molar-refractivity contribution in [1.82, 2.24) is 9.13 Å². The molecule has 2 aromatic heterocycles.